The van der Waals surface area contributed by atoms with Crippen LogP contribution in [0.1, 0.15) is 25.1 Å². The number of halogens is 3. The third-order valence-corrected chi connectivity index (χ3v) is 2.95. The van der Waals surface area contributed by atoms with Crippen LogP contribution in [-0.2, 0) is 0 Å². The highest BCUT2D eigenvalue weighted by molar-refractivity contribution is 6.33. The van der Waals surface area contributed by atoms with Crippen molar-refractivity contribution < 1.29 is 0 Å². The van der Waals surface area contributed by atoms with E-state index in [4.69, 9.17) is 23.2 Å². The van der Waals surface area contributed by atoms with Gasteiger partial charge in [0.25, 0.3) is 0 Å². The van der Waals surface area contributed by atoms with Crippen LogP contribution in [0.3, 0.4) is 0 Å². The summed E-state index contributed by atoms with van der Waals surface area (Å²) in [5.41, 5.74) is 1.59. The molecule has 2 rings (SSSR count). The predicted molar refractivity (Wildman–Crippen MR) is 72.3 cm³/mol. The molecule has 17 heavy (non-hydrogen) atoms. The molecule has 1 atom stereocenters. The zero-order chi connectivity index (χ0) is 11.7. The average Bonchev–Trinajstić information content (AvgIpc) is 2.63. The summed E-state index contributed by atoms with van der Waals surface area (Å²) in [7, 11) is 1.90. The fourth-order valence-electron chi connectivity index (χ4n) is 1.66. The van der Waals surface area contributed by atoms with Gasteiger partial charge in [-0.15, -0.1) is 12.4 Å². The minimum atomic E-state index is 0. The van der Waals surface area contributed by atoms with Gasteiger partial charge >= 0.3 is 0 Å². The number of nitrogens with zero attached hydrogens (tertiary/aromatic N) is 3. The summed E-state index contributed by atoms with van der Waals surface area (Å²) in [6, 6.07) is 3.67. The first-order chi connectivity index (χ1) is 7.65. The van der Waals surface area contributed by atoms with Gasteiger partial charge in [0.05, 0.1) is 11.7 Å². The molecule has 0 aliphatic heterocycles. The van der Waals surface area contributed by atoms with Crippen molar-refractivity contribution in [1.82, 2.24) is 19.9 Å². The van der Waals surface area contributed by atoms with Crippen LogP contribution in [0.2, 0.25) is 10.3 Å². The third kappa shape index (κ3) is 2.83. The number of nitrogens with one attached hydrogen (secondary N) is 1. The minimum absolute atomic E-state index is 0. The zero-order valence-electron chi connectivity index (χ0n) is 9.44. The molecule has 2 heterocycles. The average molecular weight is 296 g/mol. The highest BCUT2D eigenvalue weighted by Crippen LogP contribution is 2.21. The van der Waals surface area contributed by atoms with Gasteiger partial charge in [-0.3, -0.25) is 0 Å². The largest absolute Gasteiger partial charge is 0.312 e. The van der Waals surface area contributed by atoms with Gasteiger partial charge in [-0.05, 0) is 13.5 Å². The highest BCUT2D eigenvalue weighted by atomic mass is 35.5. The lowest BCUT2D eigenvalue weighted by molar-refractivity contribution is 0.557. The molecule has 0 saturated heterocycles. The molecule has 0 bridgehead atoms. The normalized spacial score (nSPS) is 12.5. The molecule has 2 aromatic heterocycles. The van der Waals surface area contributed by atoms with Gasteiger partial charge in [0.1, 0.15) is 10.3 Å². The Morgan fingerprint density at radius 1 is 1.41 bits per heavy atom. The van der Waals surface area contributed by atoms with Crippen molar-refractivity contribution in [3.8, 4) is 0 Å². The number of aromatic nitrogens is 3. The standard InChI is InChI=1S/C10H12Cl2N4.ClH/c1-3-6(13-2)7-4-10-14-8(11)5-9(12)16(10)15-7;/h4-6,13H,3H2,1-2H3;1H/t6-;/m0./s1. The maximum Gasteiger partial charge on any atom is 0.158 e. The molecule has 0 spiro atoms. The minimum Gasteiger partial charge on any atom is -0.312 e. The van der Waals surface area contributed by atoms with Crippen molar-refractivity contribution in [3.63, 3.8) is 0 Å². The topological polar surface area (TPSA) is 42.2 Å². The van der Waals surface area contributed by atoms with Gasteiger partial charge in [0.2, 0.25) is 0 Å². The second kappa shape index (κ2) is 5.87. The van der Waals surface area contributed by atoms with Crippen molar-refractivity contribution in [2.45, 2.75) is 19.4 Å². The summed E-state index contributed by atoms with van der Waals surface area (Å²) in [5.74, 6) is 0. The Kier molecular flexibility index (Phi) is 5.01. The van der Waals surface area contributed by atoms with E-state index in [1.165, 1.54) is 0 Å². The summed E-state index contributed by atoms with van der Waals surface area (Å²) >= 11 is 11.9. The first kappa shape index (κ1) is 14.5. The summed E-state index contributed by atoms with van der Waals surface area (Å²) < 4.78 is 1.59. The van der Waals surface area contributed by atoms with Gasteiger partial charge in [-0.2, -0.15) is 5.10 Å². The van der Waals surface area contributed by atoms with E-state index >= 15 is 0 Å². The Balaban J connectivity index is 0.00000144. The zero-order valence-corrected chi connectivity index (χ0v) is 11.8. The molecule has 7 heteroatoms. The molecule has 4 nitrogen and oxygen atoms in total. The number of hydrogen-bond donors (Lipinski definition) is 1. The van der Waals surface area contributed by atoms with Crippen LogP contribution in [0.5, 0.6) is 0 Å². The molecular formula is C10H13Cl3N4. The summed E-state index contributed by atoms with van der Waals surface area (Å²) in [6.07, 6.45) is 0.950. The number of fused-ring (bicyclic) bond motifs is 1. The summed E-state index contributed by atoms with van der Waals surface area (Å²) in [4.78, 5) is 4.16. The van der Waals surface area contributed by atoms with Crippen LogP contribution < -0.4 is 5.32 Å². The quantitative estimate of drug-likeness (QED) is 0.885. The van der Waals surface area contributed by atoms with Crippen LogP contribution in [-0.4, -0.2) is 21.6 Å². The van der Waals surface area contributed by atoms with Crippen LogP contribution >= 0.6 is 35.6 Å². The second-order valence-corrected chi connectivity index (χ2v) is 4.26. The predicted octanol–water partition coefficient (Wildman–Crippen LogP) is 3.13. The van der Waals surface area contributed by atoms with Crippen LogP contribution in [0.15, 0.2) is 12.1 Å². The van der Waals surface area contributed by atoms with Gasteiger partial charge in [-0.25, -0.2) is 9.50 Å². The van der Waals surface area contributed by atoms with E-state index in [-0.39, 0.29) is 18.4 Å². The Labute approximate surface area is 116 Å². The Morgan fingerprint density at radius 3 is 2.71 bits per heavy atom. The third-order valence-electron chi connectivity index (χ3n) is 2.49. The molecule has 94 valence electrons. The lowest BCUT2D eigenvalue weighted by Gasteiger charge is -2.09. The Morgan fingerprint density at radius 2 is 2.12 bits per heavy atom. The van der Waals surface area contributed by atoms with Crippen LogP contribution in [0.4, 0.5) is 0 Å². The van der Waals surface area contributed by atoms with E-state index in [9.17, 15) is 0 Å². The van der Waals surface area contributed by atoms with Crippen molar-refractivity contribution >= 4 is 41.3 Å². The van der Waals surface area contributed by atoms with E-state index in [0.717, 1.165) is 12.1 Å². The molecule has 0 aliphatic carbocycles. The van der Waals surface area contributed by atoms with E-state index in [2.05, 4.69) is 22.3 Å². The maximum atomic E-state index is 6.02. The van der Waals surface area contributed by atoms with E-state index in [1.807, 2.05) is 13.1 Å². The molecule has 0 aliphatic rings. The highest BCUT2D eigenvalue weighted by Gasteiger charge is 2.13. The Bertz CT molecular complexity index is 507. The molecule has 1 N–H and O–H groups in total. The molecule has 0 aromatic carbocycles. The van der Waals surface area contributed by atoms with Crippen molar-refractivity contribution in [3.05, 3.63) is 28.1 Å². The number of rotatable bonds is 3. The smallest absolute Gasteiger partial charge is 0.158 e. The fraction of sp³-hybridized carbons (Fsp3) is 0.400. The molecule has 2 aromatic rings. The maximum absolute atomic E-state index is 6.02. The SMILES string of the molecule is CC[C@H](NC)c1cc2nc(Cl)cc(Cl)n2n1.Cl. The molecular weight excluding hydrogens is 282 g/mol. The van der Waals surface area contributed by atoms with Crippen molar-refractivity contribution in [2.75, 3.05) is 7.05 Å². The molecule has 0 fully saturated rings. The van der Waals surface area contributed by atoms with Gasteiger partial charge in [-0.1, -0.05) is 30.1 Å². The number of hydrogen-bond acceptors (Lipinski definition) is 3. The molecule has 0 unspecified atom stereocenters. The second-order valence-electron chi connectivity index (χ2n) is 3.49. The first-order valence-electron chi connectivity index (χ1n) is 5.04. The van der Waals surface area contributed by atoms with E-state index < -0.39 is 0 Å². The van der Waals surface area contributed by atoms with Gasteiger partial charge in [0, 0.05) is 12.1 Å². The van der Waals surface area contributed by atoms with Gasteiger partial charge < -0.3 is 5.32 Å². The van der Waals surface area contributed by atoms with Gasteiger partial charge in [0.15, 0.2) is 5.65 Å². The molecule has 0 saturated carbocycles. The van der Waals surface area contributed by atoms with Crippen LogP contribution in [0, 0.1) is 0 Å². The van der Waals surface area contributed by atoms with Crippen molar-refractivity contribution in [1.29, 1.82) is 0 Å². The lowest BCUT2D eigenvalue weighted by atomic mass is 10.1. The summed E-state index contributed by atoms with van der Waals surface area (Å²) in [6.45, 7) is 2.09. The monoisotopic (exact) mass is 294 g/mol. The van der Waals surface area contributed by atoms with E-state index in [0.29, 0.717) is 16.0 Å². The van der Waals surface area contributed by atoms with Crippen molar-refractivity contribution in [2.24, 2.45) is 0 Å². The first-order valence-corrected chi connectivity index (χ1v) is 5.80. The Hall–Kier alpha value is -0.550. The molecule has 0 amide bonds. The lowest BCUT2D eigenvalue weighted by Crippen LogP contribution is -2.15. The fourth-order valence-corrected chi connectivity index (χ4v) is 2.13. The van der Waals surface area contributed by atoms with Crippen LogP contribution in [0.25, 0.3) is 5.65 Å². The summed E-state index contributed by atoms with van der Waals surface area (Å²) in [5, 5.41) is 8.42. The van der Waals surface area contributed by atoms with E-state index in [1.54, 1.807) is 10.6 Å². The molecule has 0 radical (unpaired) electrons.